The molecule has 18 radical (unpaired) electrons. The van der Waals surface area contributed by atoms with Gasteiger partial charge < -0.3 is 14.2 Å². The van der Waals surface area contributed by atoms with Crippen LogP contribution in [0.25, 0.3) is 0 Å². The van der Waals surface area contributed by atoms with E-state index in [9.17, 15) is 40.9 Å². The number of ketones is 1. The van der Waals surface area contributed by atoms with Gasteiger partial charge in [-0.25, -0.2) is 14.4 Å². The monoisotopic (exact) mass is 826 g/mol. The summed E-state index contributed by atoms with van der Waals surface area (Å²) in [4.78, 5) is 56.9. The van der Waals surface area contributed by atoms with E-state index in [4.69, 9.17) is 84.8 Å². The highest BCUT2D eigenvalue weighted by molar-refractivity contribution is 7.86. The van der Waals surface area contributed by atoms with Crippen LogP contribution in [0.4, 0.5) is 8.78 Å². The predicted molar refractivity (Wildman–Crippen MR) is 232 cm³/mol. The summed E-state index contributed by atoms with van der Waals surface area (Å²) in [6.07, 6.45) is -4.39. The number of carbonyl (C=O) groups is 4. The highest BCUT2D eigenvalue weighted by atomic mass is 32.2. The Hall–Kier alpha value is -4.69. The number of Topliss-reactive ketones (excluding diaryl/α,β-unsaturated/α-hetero) is 1. The van der Waals surface area contributed by atoms with Crippen LogP contribution in [0.5, 0.6) is 11.5 Å². The van der Waals surface area contributed by atoms with Crippen molar-refractivity contribution in [1.29, 1.82) is 0 Å². The van der Waals surface area contributed by atoms with Crippen molar-refractivity contribution in [3.63, 3.8) is 0 Å². The quantitative estimate of drug-likeness (QED) is 0.0503. The lowest BCUT2D eigenvalue weighted by Gasteiger charge is -2.22. The van der Waals surface area contributed by atoms with Crippen molar-refractivity contribution in [2.75, 3.05) is 0 Å². The summed E-state index contributed by atoms with van der Waals surface area (Å²) in [5.41, 5.74) is -0.379. The maximum Gasteiger partial charge on any atom is 0.405 e. The Morgan fingerprint density at radius 1 is 0.607 bits per heavy atom. The highest BCUT2D eigenvalue weighted by Crippen LogP contribution is 2.33. The number of ether oxygens (including phenoxy) is 3. The van der Waals surface area contributed by atoms with Crippen molar-refractivity contribution < 1.29 is 55.1 Å². The number of halogens is 2. The van der Waals surface area contributed by atoms with Gasteiger partial charge in [-0.1, -0.05) is 108 Å². The average Bonchev–Trinajstić information content (AvgIpc) is 3.23. The first-order valence-corrected chi connectivity index (χ1v) is 19.7. The fourth-order valence-electron chi connectivity index (χ4n) is 6.33. The molecule has 0 fully saturated rings. The van der Waals surface area contributed by atoms with Gasteiger partial charge in [-0.05, 0) is 46.9 Å². The molecule has 61 heavy (non-hydrogen) atoms. The third-order valence-corrected chi connectivity index (χ3v) is 10.5. The van der Waals surface area contributed by atoms with Gasteiger partial charge in [0.05, 0.1) is 71.6 Å². The molecule has 0 amide bonds. The van der Waals surface area contributed by atoms with Gasteiger partial charge in [-0.2, -0.15) is 17.2 Å². The first-order valence-electron chi connectivity index (χ1n) is 18.3. The molecular weight excluding hydrogens is 796 g/mol. The molecule has 1 unspecified atom stereocenters. The van der Waals surface area contributed by atoms with Crippen molar-refractivity contribution in [3.8, 4) is 11.5 Å². The molecular formula is C39H29B9F2O10S. The van der Waals surface area contributed by atoms with E-state index in [1.807, 2.05) is 0 Å². The summed E-state index contributed by atoms with van der Waals surface area (Å²) in [6, 6.07) is 10.3. The second-order valence-corrected chi connectivity index (χ2v) is 15.1. The van der Waals surface area contributed by atoms with Crippen molar-refractivity contribution >= 4 is 115 Å². The van der Waals surface area contributed by atoms with Crippen LogP contribution in [0, 0.1) is 0 Å². The van der Waals surface area contributed by atoms with Gasteiger partial charge in [-0.15, -0.1) is 0 Å². The normalized spacial score (nSPS) is 12.1. The molecule has 0 bridgehead atoms. The van der Waals surface area contributed by atoms with Gasteiger partial charge in [0, 0.05) is 12.0 Å². The smallest absolute Gasteiger partial charge is 0.405 e. The molecule has 4 aromatic carbocycles. The van der Waals surface area contributed by atoms with Crippen molar-refractivity contribution in [2.45, 2.75) is 68.9 Å². The molecule has 4 rings (SSSR count). The molecule has 0 heterocycles. The van der Waals surface area contributed by atoms with E-state index in [0.717, 1.165) is 6.07 Å². The van der Waals surface area contributed by atoms with Crippen LogP contribution >= 0.6 is 0 Å². The van der Waals surface area contributed by atoms with Crippen LogP contribution in [0.3, 0.4) is 0 Å². The Bertz CT molecular complexity index is 2440. The first kappa shape index (κ1) is 49.0. The second-order valence-electron chi connectivity index (χ2n) is 13.6. The Morgan fingerprint density at radius 2 is 1.00 bits per heavy atom. The Kier molecular flexibility index (Phi) is 16.4. The van der Waals surface area contributed by atoms with Crippen molar-refractivity contribution in [2.24, 2.45) is 0 Å². The van der Waals surface area contributed by atoms with E-state index in [1.165, 1.54) is 30.3 Å². The fraction of sp³-hybridized carbons (Fsp3) is 0.282. The van der Waals surface area contributed by atoms with E-state index < -0.39 is 73.8 Å². The largest absolute Gasteiger partial charge is 0.451 e. The molecule has 0 saturated heterocycles. The molecule has 0 aliphatic rings. The van der Waals surface area contributed by atoms with E-state index in [2.05, 4.69) is 0 Å². The van der Waals surface area contributed by atoms with E-state index in [-0.39, 0.29) is 94.5 Å². The zero-order chi connectivity index (χ0) is 45.6. The van der Waals surface area contributed by atoms with E-state index in [0.29, 0.717) is 29.7 Å². The van der Waals surface area contributed by atoms with Crippen LogP contribution in [0.1, 0.15) is 92.9 Å². The zero-order valence-electron chi connectivity index (χ0n) is 32.8. The Labute approximate surface area is 364 Å². The van der Waals surface area contributed by atoms with Crippen LogP contribution in [0.15, 0.2) is 48.5 Å². The summed E-state index contributed by atoms with van der Waals surface area (Å²) < 4.78 is 78.0. The maximum absolute atomic E-state index is 14.7. The third-order valence-electron chi connectivity index (χ3n) is 9.52. The van der Waals surface area contributed by atoms with Gasteiger partial charge in [0.25, 0.3) is 0 Å². The van der Waals surface area contributed by atoms with E-state index >= 15 is 0 Å². The topological polar surface area (TPSA) is 150 Å². The highest BCUT2D eigenvalue weighted by Gasteiger charge is 2.52. The number of carbonyl (C=O) groups excluding carboxylic acids is 4. The van der Waals surface area contributed by atoms with Crippen LogP contribution < -0.4 is 20.4 Å². The third kappa shape index (κ3) is 10.9. The number of esters is 3. The van der Waals surface area contributed by atoms with Gasteiger partial charge in [0.15, 0.2) is 11.9 Å². The molecule has 0 aliphatic heterocycles. The molecule has 0 spiro atoms. The van der Waals surface area contributed by atoms with Crippen molar-refractivity contribution in [1.82, 2.24) is 0 Å². The van der Waals surface area contributed by atoms with Gasteiger partial charge in [0.2, 0.25) is 0 Å². The molecule has 0 saturated carbocycles. The summed E-state index contributed by atoms with van der Waals surface area (Å²) in [5, 5.41) is -5.05. The average molecular weight is 825 g/mol. The molecule has 22 heteroatoms. The molecule has 0 aromatic heterocycles. The van der Waals surface area contributed by atoms with Gasteiger partial charge >= 0.3 is 33.3 Å². The summed E-state index contributed by atoms with van der Waals surface area (Å²) in [6.45, 7) is 0.450. The lowest BCUT2D eigenvalue weighted by atomic mass is 9.78. The lowest BCUT2D eigenvalue weighted by Crippen LogP contribution is -2.42. The standard InChI is InChI=1S/C39H29B9F2O10S/c1-18(39(49,50)61(55,56)57)58-36(52)29-9-31(38(54)59-34-22(14-43)3-19(11-40)4-23(34)15-44)30(37(53)60-35-24(16-45)6-26(47)7-25(35)17-46)8-28(29)33(51)10-27-21(13-42)2-20(12-41)5-32(27)48/h2-9,18H,10-17H2,1H3,(H,55,56,57). The molecule has 4 aromatic rings. The number of alkyl halides is 2. The first-order chi connectivity index (χ1) is 28.7. The molecule has 10 nitrogen and oxygen atoms in total. The lowest BCUT2D eigenvalue weighted by molar-refractivity contribution is -0.0550. The minimum absolute atomic E-state index is 0.0521. The molecule has 1 atom stereocenters. The van der Waals surface area contributed by atoms with Crippen molar-refractivity contribution in [3.05, 3.63) is 115 Å². The number of benzene rings is 4. The summed E-state index contributed by atoms with van der Waals surface area (Å²) in [7, 11) is 47.4. The molecule has 0 aliphatic carbocycles. The SMILES string of the molecule is [B]Cc1cc([B])c(CC(=O)c2cc(C(=O)Oc3c(C[B])cc([B])cc3C[B])c(C(=O)Oc3c(C[B])cc(C[B])cc3C[B])cc2C(=O)OC(C)C(F)(F)S(=O)(=O)O)c(C[B])c1. The fourth-order valence-corrected chi connectivity index (χ4v) is 6.79. The number of rotatable bonds is 18. The van der Waals surface area contributed by atoms with Crippen LogP contribution in [-0.4, -0.2) is 119 Å². The summed E-state index contributed by atoms with van der Waals surface area (Å²) in [5.74, 6) is -5.85. The Morgan fingerprint density at radius 3 is 1.43 bits per heavy atom. The second kappa shape index (κ2) is 20.5. The Balaban J connectivity index is 2.05. The van der Waals surface area contributed by atoms with Gasteiger partial charge in [-0.3, -0.25) is 9.35 Å². The minimum Gasteiger partial charge on any atom is -0.451 e. The molecule has 1 N–H and O–H groups in total. The number of hydrogen-bond acceptors (Lipinski definition) is 9. The van der Waals surface area contributed by atoms with Crippen LogP contribution in [-0.2, 0) is 65.5 Å². The zero-order valence-corrected chi connectivity index (χ0v) is 33.7. The summed E-state index contributed by atoms with van der Waals surface area (Å²) >= 11 is 0. The predicted octanol–water partition coefficient (Wildman–Crippen LogP) is 0.843. The maximum atomic E-state index is 14.7. The van der Waals surface area contributed by atoms with E-state index in [1.54, 1.807) is 6.07 Å². The number of hydrogen-bond donors (Lipinski definition) is 1. The minimum atomic E-state index is -6.15. The molecule has 292 valence electrons. The van der Waals surface area contributed by atoms with Crippen LogP contribution in [0.2, 0.25) is 0 Å². The van der Waals surface area contributed by atoms with Gasteiger partial charge in [0.1, 0.15) is 27.2 Å².